The average Bonchev–Trinajstić information content (AvgIpc) is 2.84. The van der Waals surface area contributed by atoms with E-state index in [9.17, 15) is 0 Å². The fraction of sp³-hybridized carbons (Fsp3) is 0.400. The van der Waals surface area contributed by atoms with Crippen molar-refractivity contribution in [2.24, 2.45) is 0 Å². The molecule has 1 saturated carbocycles. The molecule has 2 aromatic rings. The molecule has 3 rings (SSSR count). The van der Waals surface area contributed by atoms with Crippen LogP contribution in [0.2, 0.25) is 5.02 Å². The van der Waals surface area contributed by atoms with Crippen molar-refractivity contribution in [2.75, 3.05) is 0 Å². The lowest BCUT2D eigenvalue weighted by atomic mass is 10.0. The molecule has 0 bridgehead atoms. The van der Waals surface area contributed by atoms with Gasteiger partial charge < -0.3 is 0 Å². The third-order valence-corrected chi connectivity index (χ3v) is 4.10. The molecule has 88 valence electrons. The molecule has 1 aliphatic rings. The maximum Gasteiger partial charge on any atom is 0.0749 e. The number of benzene rings is 1. The van der Waals surface area contributed by atoms with Crippen LogP contribution in [0.25, 0.3) is 10.9 Å². The van der Waals surface area contributed by atoms with E-state index in [1.807, 2.05) is 6.07 Å². The predicted octanol–water partition coefficient (Wildman–Crippen LogP) is 4.85. The summed E-state index contributed by atoms with van der Waals surface area (Å²) in [7, 11) is 0. The van der Waals surface area contributed by atoms with Gasteiger partial charge in [0.15, 0.2) is 0 Å². The lowest BCUT2D eigenvalue weighted by molar-refractivity contribution is 0.701. The standard InChI is InChI=1S/C15H16ClN/c1-10-5-4-8-12-13(16)9-14(17-15(10)12)11-6-2-3-7-11/h4-5,8-9,11H,2-3,6-7H2,1H3. The summed E-state index contributed by atoms with van der Waals surface area (Å²) in [5, 5.41) is 1.93. The second kappa shape index (κ2) is 4.30. The number of pyridine rings is 1. The minimum atomic E-state index is 0.622. The second-order valence-corrected chi connectivity index (χ2v) is 5.39. The molecule has 0 amide bonds. The number of fused-ring (bicyclic) bond motifs is 1. The molecule has 1 heterocycles. The zero-order valence-electron chi connectivity index (χ0n) is 10.0. The van der Waals surface area contributed by atoms with Crippen molar-refractivity contribution in [3.05, 3.63) is 40.5 Å². The van der Waals surface area contributed by atoms with Gasteiger partial charge in [-0.05, 0) is 31.4 Å². The van der Waals surface area contributed by atoms with E-state index in [0.29, 0.717) is 5.92 Å². The first-order chi connectivity index (χ1) is 8.25. The van der Waals surface area contributed by atoms with Crippen LogP contribution in [0.5, 0.6) is 0 Å². The van der Waals surface area contributed by atoms with Crippen molar-refractivity contribution < 1.29 is 0 Å². The topological polar surface area (TPSA) is 12.9 Å². The van der Waals surface area contributed by atoms with Crippen molar-refractivity contribution >= 4 is 22.5 Å². The molecular weight excluding hydrogens is 230 g/mol. The molecule has 0 atom stereocenters. The van der Waals surface area contributed by atoms with Gasteiger partial charge in [-0.25, -0.2) is 0 Å². The minimum Gasteiger partial charge on any atom is -0.252 e. The number of nitrogens with zero attached hydrogens (tertiary/aromatic N) is 1. The highest BCUT2D eigenvalue weighted by atomic mass is 35.5. The molecule has 1 aromatic heterocycles. The molecule has 0 aliphatic heterocycles. The molecule has 1 aromatic carbocycles. The summed E-state index contributed by atoms with van der Waals surface area (Å²) in [4.78, 5) is 4.83. The summed E-state index contributed by atoms with van der Waals surface area (Å²) < 4.78 is 0. The van der Waals surface area contributed by atoms with Crippen LogP contribution in [0.1, 0.15) is 42.9 Å². The molecule has 0 saturated heterocycles. The summed E-state index contributed by atoms with van der Waals surface area (Å²) in [5.74, 6) is 0.622. The largest absolute Gasteiger partial charge is 0.252 e. The monoisotopic (exact) mass is 245 g/mol. The summed E-state index contributed by atoms with van der Waals surface area (Å²) in [6, 6.07) is 8.26. The zero-order chi connectivity index (χ0) is 11.8. The molecule has 1 aliphatic carbocycles. The molecule has 2 heteroatoms. The maximum atomic E-state index is 6.37. The highest BCUT2D eigenvalue weighted by molar-refractivity contribution is 6.35. The molecule has 0 spiro atoms. The van der Waals surface area contributed by atoms with Crippen molar-refractivity contribution in [3.8, 4) is 0 Å². The van der Waals surface area contributed by atoms with E-state index in [1.54, 1.807) is 0 Å². The average molecular weight is 246 g/mol. The maximum absolute atomic E-state index is 6.37. The Morgan fingerprint density at radius 1 is 1.24 bits per heavy atom. The predicted molar refractivity (Wildman–Crippen MR) is 72.7 cm³/mol. The van der Waals surface area contributed by atoms with E-state index in [1.165, 1.54) is 36.9 Å². The summed E-state index contributed by atoms with van der Waals surface area (Å²) >= 11 is 6.37. The van der Waals surface area contributed by atoms with Crippen molar-refractivity contribution in [3.63, 3.8) is 0 Å². The van der Waals surface area contributed by atoms with E-state index in [2.05, 4.69) is 25.1 Å². The first kappa shape index (κ1) is 11.0. The summed E-state index contributed by atoms with van der Waals surface area (Å²) in [6.45, 7) is 2.10. The normalized spacial score (nSPS) is 16.8. The third kappa shape index (κ3) is 1.93. The Morgan fingerprint density at radius 3 is 2.76 bits per heavy atom. The van der Waals surface area contributed by atoms with E-state index in [4.69, 9.17) is 16.6 Å². The lowest BCUT2D eigenvalue weighted by Crippen LogP contribution is -1.98. The van der Waals surface area contributed by atoms with Crippen LogP contribution in [0.4, 0.5) is 0 Å². The molecular formula is C15H16ClN. The Kier molecular flexibility index (Phi) is 2.79. The number of para-hydroxylation sites is 1. The summed E-state index contributed by atoms with van der Waals surface area (Å²) in [6.07, 6.45) is 5.19. The lowest BCUT2D eigenvalue weighted by Gasteiger charge is -2.12. The second-order valence-electron chi connectivity index (χ2n) is 4.98. The fourth-order valence-electron chi connectivity index (χ4n) is 2.80. The van der Waals surface area contributed by atoms with Gasteiger partial charge in [-0.2, -0.15) is 0 Å². The van der Waals surface area contributed by atoms with Crippen LogP contribution < -0.4 is 0 Å². The number of halogens is 1. The fourth-order valence-corrected chi connectivity index (χ4v) is 3.06. The molecule has 0 unspecified atom stereocenters. The quantitative estimate of drug-likeness (QED) is 0.700. The van der Waals surface area contributed by atoms with Crippen LogP contribution in [0.15, 0.2) is 24.3 Å². The molecule has 0 N–H and O–H groups in total. The highest BCUT2D eigenvalue weighted by Crippen LogP contribution is 2.36. The number of aromatic nitrogens is 1. The van der Waals surface area contributed by atoms with Gasteiger partial charge in [0.25, 0.3) is 0 Å². The number of hydrogen-bond acceptors (Lipinski definition) is 1. The van der Waals surface area contributed by atoms with Crippen molar-refractivity contribution in [1.82, 2.24) is 4.98 Å². The van der Waals surface area contributed by atoms with Crippen LogP contribution in [0.3, 0.4) is 0 Å². The Balaban J connectivity index is 2.18. The molecule has 1 fully saturated rings. The van der Waals surface area contributed by atoms with Gasteiger partial charge in [0.05, 0.1) is 10.5 Å². The van der Waals surface area contributed by atoms with Crippen LogP contribution in [0, 0.1) is 6.92 Å². The van der Waals surface area contributed by atoms with Gasteiger partial charge in [-0.1, -0.05) is 42.6 Å². The van der Waals surface area contributed by atoms with Gasteiger partial charge in [0.1, 0.15) is 0 Å². The van der Waals surface area contributed by atoms with Crippen molar-refractivity contribution in [1.29, 1.82) is 0 Å². The first-order valence-corrected chi connectivity index (χ1v) is 6.69. The van der Waals surface area contributed by atoms with Gasteiger partial charge in [0.2, 0.25) is 0 Å². The summed E-state index contributed by atoms with van der Waals surface area (Å²) in [5.41, 5.74) is 3.47. The van der Waals surface area contributed by atoms with Gasteiger partial charge in [0, 0.05) is 17.0 Å². The van der Waals surface area contributed by atoms with E-state index in [0.717, 1.165) is 15.9 Å². The van der Waals surface area contributed by atoms with Gasteiger partial charge in [-0.15, -0.1) is 0 Å². The zero-order valence-corrected chi connectivity index (χ0v) is 10.8. The van der Waals surface area contributed by atoms with Crippen molar-refractivity contribution in [2.45, 2.75) is 38.5 Å². The van der Waals surface area contributed by atoms with E-state index in [-0.39, 0.29) is 0 Å². The third-order valence-electron chi connectivity index (χ3n) is 3.78. The van der Waals surface area contributed by atoms with Crippen LogP contribution in [-0.4, -0.2) is 4.98 Å². The number of aryl methyl sites for hydroxylation is 1. The smallest absolute Gasteiger partial charge is 0.0749 e. The Hall–Kier alpha value is -1.08. The molecule has 17 heavy (non-hydrogen) atoms. The Bertz CT molecular complexity index is 556. The van der Waals surface area contributed by atoms with E-state index >= 15 is 0 Å². The van der Waals surface area contributed by atoms with Crippen LogP contribution >= 0.6 is 11.6 Å². The Morgan fingerprint density at radius 2 is 2.00 bits per heavy atom. The number of rotatable bonds is 1. The molecule has 1 nitrogen and oxygen atoms in total. The van der Waals surface area contributed by atoms with E-state index < -0.39 is 0 Å². The highest BCUT2D eigenvalue weighted by Gasteiger charge is 2.19. The molecule has 0 radical (unpaired) electrons. The first-order valence-electron chi connectivity index (χ1n) is 6.31. The van der Waals surface area contributed by atoms with Gasteiger partial charge >= 0.3 is 0 Å². The SMILES string of the molecule is Cc1cccc2c(Cl)cc(C3CCCC3)nc12. The number of hydrogen-bond donors (Lipinski definition) is 0. The van der Waals surface area contributed by atoms with Gasteiger partial charge in [-0.3, -0.25) is 4.98 Å². The van der Waals surface area contributed by atoms with Crippen LogP contribution in [-0.2, 0) is 0 Å². The minimum absolute atomic E-state index is 0.622. The Labute approximate surface area is 107 Å².